The monoisotopic (exact) mass is 1520 g/mol. The fraction of sp³-hybridized carbons (Fsp3) is 0.514. The van der Waals surface area contributed by atoms with Crippen LogP contribution in [-0.4, -0.2) is 213 Å². The molecule has 1 aromatic heterocycles. The minimum Gasteiger partial charge on any atom is -0.508 e. The number of benzene rings is 3. The van der Waals surface area contributed by atoms with Gasteiger partial charge in [-0.05, 0) is 91.0 Å². The SMILES string of the molecule is CC[C@H](N)C(=O)N[C@@H](CC(=O)O)C(=O)C[C@@H](CS)C(=O)NCCOCCOCCC(=O)N[C@@H](CC(=O)O)C(=O)C[C@@H](Cc1ccc(O)cc1)C(=O)N[C@@H](CCSC)C(=O)CCC(=O)N[C@@H](Cc1c[nH]c2ccccc12)C(=O)C[C@@H](CCSC)C(=O)N[C@@H](CC(=O)O)C(=O)C[C@@H](Cc1ccccc1)C(N)=O. The molecule has 3 aromatic carbocycles. The van der Waals surface area contributed by atoms with Crippen molar-refractivity contribution >= 4 is 135 Å². The molecule has 0 fully saturated rings. The number of carboxylic acids is 3. The molecule has 10 atom stereocenters. The average molecular weight is 1520 g/mol. The highest BCUT2D eigenvalue weighted by molar-refractivity contribution is 7.98. The number of thiol groups is 1. The summed E-state index contributed by atoms with van der Waals surface area (Å²) in [4.78, 5) is 202. The molecule has 0 aliphatic carbocycles. The second-order valence-corrected chi connectivity index (χ2v) is 27.5. The third-order valence-electron chi connectivity index (χ3n) is 17.1. The maximum Gasteiger partial charge on any atom is 0.305 e. The van der Waals surface area contributed by atoms with Crippen LogP contribution in [0.1, 0.15) is 107 Å². The zero-order valence-corrected chi connectivity index (χ0v) is 61.5. The number of nitrogens with one attached hydrogen (secondary N) is 7. The summed E-state index contributed by atoms with van der Waals surface area (Å²) >= 11 is 6.86. The average Bonchev–Trinajstić information content (AvgIpc) is 1.69. The number of para-hydroxylation sites is 1. The van der Waals surface area contributed by atoms with Crippen LogP contribution in [0.2, 0.25) is 0 Å². The number of thioether (sulfide) groups is 2. The van der Waals surface area contributed by atoms with Crippen LogP contribution in [0.3, 0.4) is 0 Å². The van der Waals surface area contributed by atoms with Crippen LogP contribution in [0.15, 0.2) is 85.1 Å². The van der Waals surface area contributed by atoms with Crippen molar-refractivity contribution in [2.24, 2.45) is 35.1 Å². The Labute approximate surface area is 622 Å². The molecular formula is C72H97N9O21S3. The van der Waals surface area contributed by atoms with Crippen LogP contribution in [-0.2, 0) is 101 Å². The van der Waals surface area contributed by atoms with Crippen molar-refractivity contribution < 1.29 is 102 Å². The van der Waals surface area contributed by atoms with E-state index in [-0.39, 0.29) is 89.4 Å². The summed E-state index contributed by atoms with van der Waals surface area (Å²) in [7, 11) is 0. The second-order valence-electron chi connectivity index (χ2n) is 25.2. The van der Waals surface area contributed by atoms with E-state index in [9.17, 15) is 92.3 Å². The van der Waals surface area contributed by atoms with Gasteiger partial charge in [0.2, 0.25) is 41.4 Å². The fourth-order valence-corrected chi connectivity index (χ4v) is 12.4. The molecule has 0 aliphatic rings. The van der Waals surface area contributed by atoms with Crippen LogP contribution in [0.4, 0.5) is 0 Å². The van der Waals surface area contributed by atoms with Crippen molar-refractivity contribution in [1.29, 1.82) is 0 Å². The van der Waals surface area contributed by atoms with E-state index in [1.807, 2.05) is 6.07 Å². The Kier molecular flexibility index (Phi) is 39.9. The fourth-order valence-electron chi connectivity index (χ4n) is 11.2. The summed E-state index contributed by atoms with van der Waals surface area (Å²) in [5, 5.41) is 55.1. The highest BCUT2D eigenvalue weighted by Crippen LogP contribution is 2.25. The lowest BCUT2D eigenvalue weighted by Crippen LogP contribution is -2.49. The number of aromatic amines is 1. The number of nitrogens with two attached hydrogens (primary N) is 2. The van der Waals surface area contributed by atoms with Crippen LogP contribution < -0.4 is 43.4 Å². The van der Waals surface area contributed by atoms with Crippen LogP contribution in [0.25, 0.3) is 10.9 Å². The van der Waals surface area contributed by atoms with Crippen LogP contribution in [0.5, 0.6) is 5.75 Å². The van der Waals surface area contributed by atoms with Crippen LogP contribution >= 0.6 is 36.2 Å². The van der Waals surface area contributed by atoms with E-state index in [0.29, 0.717) is 28.2 Å². The van der Waals surface area contributed by atoms with Crippen LogP contribution in [0, 0.1) is 23.7 Å². The first-order valence-corrected chi connectivity index (χ1v) is 37.7. The zero-order chi connectivity index (χ0) is 77.5. The number of amides is 7. The number of phenols is 1. The van der Waals surface area contributed by atoms with E-state index in [4.69, 9.17) is 20.9 Å². The van der Waals surface area contributed by atoms with Gasteiger partial charge < -0.3 is 78.3 Å². The van der Waals surface area contributed by atoms with Gasteiger partial charge >= 0.3 is 17.9 Å². The lowest BCUT2D eigenvalue weighted by Gasteiger charge is -2.24. The van der Waals surface area contributed by atoms with E-state index in [1.54, 1.807) is 74.2 Å². The van der Waals surface area contributed by atoms with Crippen molar-refractivity contribution in [3.05, 3.63) is 102 Å². The Bertz CT molecular complexity index is 3600. The lowest BCUT2D eigenvalue weighted by molar-refractivity contribution is -0.141. The first-order valence-electron chi connectivity index (χ1n) is 34.3. The number of aromatic hydroxyl groups is 1. The van der Waals surface area contributed by atoms with Crippen molar-refractivity contribution in [3.63, 3.8) is 0 Å². The van der Waals surface area contributed by atoms with Gasteiger partial charge in [-0.15, -0.1) is 0 Å². The number of ketones is 5. The standard InChI is InChI=1S/C72H97N9O21S3/c1-4-51(73)72(100)81-57(39-67(94)95)62(87)36-48(41-103)69(97)75-23-25-102-27-26-101-24-20-64(89)78-55(37-65(90)91)61(86)35-46(31-43-14-16-49(82)17-15-43)71(99)79-53(22-29-105-3)58(83)18-19-63(88)77-54(32-47-40-76-52-13-9-8-12-50(47)52)59(84)33-44(21-28-104-2)70(98)80-56(38-66(92)93)60(85)34-45(68(74)96)30-42-10-6-5-7-11-42/h5-17,40,44-46,48,51,53-57,76,82,103H,4,18-39,41,73H2,1-3H3,(H2,74,96)(H,75,97)(H,77,88)(H,78,89)(H,79,99)(H,80,98)(H,81,100)(H,90,91)(H,92,93)(H,94,95)/t44-,45-,46-,48+,51+,53+,54+,55+,56+,57+/m1/s1. The number of fused-ring (bicyclic) bond motifs is 1. The zero-order valence-electron chi connectivity index (χ0n) is 59.0. The molecule has 30 nitrogen and oxygen atoms in total. The number of carbonyl (C=O) groups excluding carboxylic acids is 12. The molecule has 105 heavy (non-hydrogen) atoms. The molecule has 7 amide bonds. The van der Waals surface area contributed by atoms with Crippen molar-refractivity contribution in [3.8, 4) is 5.75 Å². The largest absolute Gasteiger partial charge is 0.508 e. The minimum atomic E-state index is -1.63. The van der Waals surface area contributed by atoms with Crippen molar-refractivity contribution in [2.45, 2.75) is 146 Å². The van der Waals surface area contributed by atoms with Gasteiger partial charge in [-0.3, -0.25) is 71.9 Å². The number of H-pyrrole nitrogens is 1. The molecular weight excluding hydrogens is 1420 g/mol. The second kappa shape index (κ2) is 47.4. The molecule has 574 valence electrons. The van der Waals surface area contributed by atoms with Gasteiger partial charge in [0.1, 0.15) is 5.75 Å². The molecule has 33 heteroatoms. The predicted molar refractivity (Wildman–Crippen MR) is 394 cm³/mol. The van der Waals surface area contributed by atoms with E-state index in [1.165, 1.54) is 47.8 Å². The number of ether oxygens (including phenoxy) is 2. The number of primary amides is 1. The molecule has 0 saturated heterocycles. The maximum absolute atomic E-state index is 14.7. The topological polar surface area (TPSA) is 495 Å². The van der Waals surface area contributed by atoms with Gasteiger partial charge in [-0.1, -0.05) is 67.6 Å². The summed E-state index contributed by atoms with van der Waals surface area (Å²) in [6.45, 7) is 1.34. The molecule has 4 rings (SSSR count). The minimum absolute atomic E-state index is 0.0119. The number of phenolic OH excluding ortho intramolecular Hbond substituents is 1. The maximum atomic E-state index is 14.7. The summed E-state index contributed by atoms with van der Waals surface area (Å²) in [5.41, 5.74) is 13.9. The lowest BCUT2D eigenvalue weighted by atomic mass is 9.89. The molecule has 0 radical (unpaired) electrons. The van der Waals surface area contributed by atoms with Gasteiger partial charge in [0.25, 0.3) is 0 Å². The smallest absolute Gasteiger partial charge is 0.305 e. The summed E-state index contributed by atoms with van der Waals surface area (Å²) in [6, 6.07) is 13.4. The Morgan fingerprint density at radius 3 is 1.57 bits per heavy atom. The van der Waals surface area contributed by atoms with E-state index in [2.05, 4.69) is 49.5 Å². The molecule has 0 aliphatic heterocycles. The highest BCUT2D eigenvalue weighted by atomic mass is 32.2. The number of aliphatic carboxylic acids is 3. The van der Waals surface area contributed by atoms with Crippen molar-refractivity contribution in [2.75, 3.05) is 62.7 Å². The number of rotatable bonds is 55. The van der Waals surface area contributed by atoms with Gasteiger partial charge in [0.15, 0.2) is 28.9 Å². The Hall–Kier alpha value is -9.02. The molecule has 4 aromatic rings. The number of Topliss-reactive ketones (excluding diaryl/α,β-unsaturated/α-hetero) is 5. The third kappa shape index (κ3) is 32.9. The molecule has 0 bridgehead atoms. The Morgan fingerprint density at radius 2 is 0.981 bits per heavy atom. The molecule has 0 saturated carbocycles. The summed E-state index contributed by atoms with van der Waals surface area (Å²) < 4.78 is 11.0. The summed E-state index contributed by atoms with van der Waals surface area (Å²) in [5.74, 6) is -16.9. The third-order valence-corrected chi connectivity index (χ3v) is 18.8. The van der Waals surface area contributed by atoms with E-state index < -0.39 is 206 Å². The van der Waals surface area contributed by atoms with Crippen molar-refractivity contribution in [1.82, 2.24) is 36.9 Å². The Morgan fingerprint density at radius 1 is 0.495 bits per heavy atom. The number of aromatic nitrogens is 1. The first-order chi connectivity index (χ1) is 50.0. The van der Waals surface area contributed by atoms with E-state index in [0.717, 1.165) is 10.9 Å². The molecule has 0 unspecified atom stereocenters. The number of carbonyl (C=O) groups is 15. The summed E-state index contributed by atoms with van der Waals surface area (Å²) in [6.07, 6.45) is -0.351. The van der Waals surface area contributed by atoms with Gasteiger partial charge in [-0.25, -0.2) is 0 Å². The molecule has 15 N–H and O–H groups in total. The quantitative estimate of drug-likeness (QED) is 0.0223. The number of carboxylic acid groups (broad SMARTS) is 3. The van der Waals surface area contributed by atoms with Gasteiger partial charge in [0.05, 0.1) is 87.9 Å². The molecule has 1 heterocycles. The number of hydrogen-bond acceptors (Lipinski definition) is 22. The van der Waals surface area contributed by atoms with Gasteiger partial charge in [-0.2, -0.15) is 36.2 Å². The van der Waals surface area contributed by atoms with E-state index >= 15 is 0 Å². The predicted octanol–water partition coefficient (Wildman–Crippen LogP) is 2.60. The number of hydrogen-bond donors (Lipinski definition) is 14. The first kappa shape index (κ1) is 88.4. The highest BCUT2D eigenvalue weighted by Gasteiger charge is 2.36. The molecule has 0 spiro atoms. The van der Waals surface area contributed by atoms with Gasteiger partial charge in [0, 0.05) is 98.5 Å². The Balaban J connectivity index is 1.41. The normalized spacial score (nSPS) is 14.1.